The molecule has 0 aromatic heterocycles. The van der Waals surface area contributed by atoms with Crippen LogP contribution in [0.25, 0.3) is 0 Å². The van der Waals surface area contributed by atoms with Crippen LogP contribution in [0, 0.1) is 0 Å². The zero-order valence-electron chi connectivity index (χ0n) is 14.3. The van der Waals surface area contributed by atoms with E-state index in [1.165, 1.54) is 6.92 Å². The minimum Gasteiger partial charge on any atom is -0.355 e. The molecule has 0 fully saturated rings. The van der Waals surface area contributed by atoms with Gasteiger partial charge in [-0.25, -0.2) is 8.42 Å². The van der Waals surface area contributed by atoms with Gasteiger partial charge in [-0.15, -0.1) is 0 Å². The molecule has 2 aromatic carbocycles. The van der Waals surface area contributed by atoms with Gasteiger partial charge in [0, 0.05) is 11.6 Å². The molecule has 1 N–H and O–H groups in total. The summed E-state index contributed by atoms with van der Waals surface area (Å²) in [5, 5.41) is 1.36. The Hall–Kier alpha value is -1.85. The fourth-order valence-corrected chi connectivity index (χ4v) is 4.15. The maximum Gasteiger partial charge on any atom is 0.238 e. The average Bonchev–Trinajstić information content (AvgIpc) is 2.61. The van der Waals surface area contributed by atoms with Crippen molar-refractivity contribution in [1.29, 1.82) is 0 Å². The number of carbonyl (C=O) groups is 1. The fraction of sp³-hybridized carbons (Fsp3) is 0.316. The quantitative estimate of drug-likeness (QED) is 0.799. The lowest BCUT2D eigenvalue weighted by Gasteiger charge is -2.19. The van der Waals surface area contributed by atoms with Crippen molar-refractivity contribution in [3.63, 3.8) is 0 Å². The predicted molar refractivity (Wildman–Crippen MR) is 101 cm³/mol. The summed E-state index contributed by atoms with van der Waals surface area (Å²) in [5.41, 5.74) is 1.71. The Kier molecular flexibility index (Phi) is 6.62. The number of amides is 1. The third-order valence-corrected chi connectivity index (χ3v) is 6.96. The minimum atomic E-state index is -3.65. The molecule has 2 aromatic rings. The Morgan fingerprint density at radius 1 is 1.04 bits per heavy atom. The lowest BCUT2D eigenvalue weighted by molar-refractivity contribution is -0.120. The van der Waals surface area contributed by atoms with Gasteiger partial charge in [-0.3, -0.25) is 4.79 Å². The first-order chi connectivity index (χ1) is 11.8. The van der Waals surface area contributed by atoms with Crippen LogP contribution in [-0.4, -0.2) is 26.1 Å². The molecule has 0 saturated heterocycles. The Bertz CT molecular complexity index is 804. The summed E-state index contributed by atoms with van der Waals surface area (Å²) in [4.78, 5) is 12.3. The molecule has 134 valence electrons. The van der Waals surface area contributed by atoms with E-state index in [2.05, 4.69) is 5.32 Å². The molecule has 6 heteroatoms. The van der Waals surface area contributed by atoms with Gasteiger partial charge in [0.2, 0.25) is 5.91 Å². The van der Waals surface area contributed by atoms with Crippen molar-refractivity contribution in [2.24, 2.45) is 0 Å². The highest BCUT2D eigenvalue weighted by molar-refractivity contribution is 7.93. The van der Waals surface area contributed by atoms with Gasteiger partial charge in [0.15, 0.2) is 9.84 Å². The molecule has 0 aliphatic carbocycles. The number of nitrogens with one attached hydrogen (secondary N) is 1. The van der Waals surface area contributed by atoms with E-state index in [-0.39, 0.29) is 0 Å². The van der Waals surface area contributed by atoms with Gasteiger partial charge in [0.1, 0.15) is 5.25 Å². The monoisotopic (exact) mass is 379 g/mol. The first-order valence-electron chi connectivity index (χ1n) is 8.12. The van der Waals surface area contributed by atoms with Gasteiger partial charge >= 0.3 is 0 Å². The van der Waals surface area contributed by atoms with Gasteiger partial charge in [0.25, 0.3) is 0 Å². The van der Waals surface area contributed by atoms with E-state index in [4.69, 9.17) is 11.6 Å². The van der Waals surface area contributed by atoms with Crippen LogP contribution in [0.15, 0.2) is 54.6 Å². The topological polar surface area (TPSA) is 63.2 Å². The Morgan fingerprint density at radius 3 is 2.24 bits per heavy atom. The summed E-state index contributed by atoms with van der Waals surface area (Å²) >= 11 is 5.84. The van der Waals surface area contributed by atoms with Gasteiger partial charge in [-0.05, 0) is 43.5 Å². The second kappa shape index (κ2) is 8.50. The standard InChI is InChI=1S/C19H22ClNO3S/c1-14(17-8-10-18(20)11-9-17)25(23,24)15(2)19(22)21-13-12-16-6-4-3-5-7-16/h3-11,14-15H,12-13H2,1-2H3,(H,21,22). The van der Waals surface area contributed by atoms with Gasteiger partial charge in [0.05, 0.1) is 5.25 Å². The van der Waals surface area contributed by atoms with Crippen LogP contribution in [0.3, 0.4) is 0 Å². The van der Waals surface area contributed by atoms with Crippen LogP contribution in [-0.2, 0) is 21.1 Å². The summed E-state index contributed by atoms with van der Waals surface area (Å²) in [7, 11) is -3.65. The molecule has 2 rings (SSSR count). The first-order valence-corrected chi connectivity index (χ1v) is 10.1. The third-order valence-electron chi connectivity index (χ3n) is 4.25. The van der Waals surface area contributed by atoms with Crippen LogP contribution in [0.4, 0.5) is 0 Å². The van der Waals surface area contributed by atoms with E-state index in [1.54, 1.807) is 31.2 Å². The van der Waals surface area contributed by atoms with Gasteiger partial charge in [-0.1, -0.05) is 54.1 Å². The summed E-state index contributed by atoms with van der Waals surface area (Å²) in [6.07, 6.45) is 0.659. The summed E-state index contributed by atoms with van der Waals surface area (Å²) in [6.45, 7) is 3.42. The molecule has 4 nitrogen and oxygen atoms in total. The van der Waals surface area contributed by atoms with Crippen LogP contribution in [0.2, 0.25) is 5.02 Å². The third kappa shape index (κ3) is 5.06. The number of hydrogen-bond donors (Lipinski definition) is 1. The van der Waals surface area contributed by atoms with Crippen molar-refractivity contribution in [3.8, 4) is 0 Å². The minimum absolute atomic E-state index is 0.401. The Balaban J connectivity index is 1.98. The van der Waals surface area contributed by atoms with Crippen LogP contribution in [0.5, 0.6) is 0 Å². The van der Waals surface area contributed by atoms with E-state index >= 15 is 0 Å². The van der Waals surface area contributed by atoms with E-state index in [0.717, 1.165) is 5.56 Å². The molecular formula is C19H22ClNO3S. The summed E-state index contributed by atoms with van der Waals surface area (Å²) in [6, 6.07) is 16.4. The van der Waals surface area contributed by atoms with Crippen molar-refractivity contribution in [1.82, 2.24) is 5.32 Å². The smallest absolute Gasteiger partial charge is 0.238 e. The number of sulfone groups is 1. The number of rotatable bonds is 7. The highest BCUT2D eigenvalue weighted by Gasteiger charge is 2.33. The van der Waals surface area contributed by atoms with Crippen molar-refractivity contribution in [2.75, 3.05) is 6.54 Å². The molecule has 2 atom stereocenters. The van der Waals surface area contributed by atoms with Crippen molar-refractivity contribution >= 4 is 27.3 Å². The van der Waals surface area contributed by atoms with Gasteiger partial charge < -0.3 is 5.32 Å². The van der Waals surface area contributed by atoms with E-state index in [0.29, 0.717) is 23.6 Å². The number of benzene rings is 2. The molecule has 0 aliphatic heterocycles. The van der Waals surface area contributed by atoms with Crippen LogP contribution < -0.4 is 5.32 Å². The normalized spacial score (nSPS) is 13.9. The van der Waals surface area contributed by atoms with E-state index in [9.17, 15) is 13.2 Å². The molecule has 0 heterocycles. The number of carbonyl (C=O) groups excluding carboxylic acids is 1. The predicted octanol–water partition coefficient (Wildman–Crippen LogP) is 3.56. The maximum atomic E-state index is 12.7. The first kappa shape index (κ1) is 19.5. The number of hydrogen-bond acceptors (Lipinski definition) is 3. The van der Waals surface area contributed by atoms with Crippen molar-refractivity contribution in [3.05, 3.63) is 70.7 Å². The van der Waals surface area contributed by atoms with Crippen molar-refractivity contribution in [2.45, 2.75) is 30.8 Å². The zero-order valence-corrected chi connectivity index (χ0v) is 15.8. The zero-order chi connectivity index (χ0) is 18.4. The fourth-order valence-electron chi connectivity index (χ4n) is 2.50. The second-order valence-electron chi connectivity index (χ2n) is 5.95. The van der Waals surface area contributed by atoms with Crippen molar-refractivity contribution < 1.29 is 13.2 Å². The average molecular weight is 380 g/mol. The second-order valence-corrected chi connectivity index (χ2v) is 8.98. The lowest BCUT2D eigenvalue weighted by atomic mass is 10.1. The molecule has 0 spiro atoms. The molecule has 0 aliphatic rings. The summed E-state index contributed by atoms with van der Waals surface area (Å²) < 4.78 is 25.4. The highest BCUT2D eigenvalue weighted by atomic mass is 35.5. The lowest BCUT2D eigenvalue weighted by Crippen LogP contribution is -2.40. The Morgan fingerprint density at radius 2 is 1.64 bits per heavy atom. The van der Waals surface area contributed by atoms with Gasteiger partial charge in [-0.2, -0.15) is 0 Å². The SMILES string of the molecule is CC(C(=O)NCCc1ccccc1)S(=O)(=O)C(C)c1ccc(Cl)cc1. The molecule has 2 unspecified atom stereocenters. The highest BCUT2D eigenvalue weighted by Crippen LogP contribution is 2.26. The van der Waals surface area contributed by atoms with E-state index in [1.807, 2.05) is 30.3 Å². The molecular weight excluding hydrogens is 358 g/mol. The maximum absolute atomic E-state index is 12.7. The van der Waals surface area contributed by atoms with Crippen LogP contribution >= 0.6 is 11.6 Å². The molecule has 25 heavy (non-hydrogen) atoms. The number of halogens is 1. The molecule has 0 saturated carbocycles. The molecule has 0 bridgehead atoms. The largest absolute Gasteiger partial charge is 0.355 e. The van der Waals surface area contributed by atoms with E-state index < -0.39 is 26.2 Å². The molecule has 0 radical (unpaired) electrons. The summed E-state index contributed by atoms with van der Waals surface area (Å²) in [5.74, 6) is -0.475. The van der Waals surface area contributed by atoms with Crippen LogP contribution in [0.1, 0.15) is 30.2 Å². The molecule has 1 amide bonds. The Labute approximate surface area is 154 Å².